The molecule has 0 unspecified atom stereocenters. The summed E-state index contributed by atoms with van der Waals surface area (Å²) < 4.78 is 6.35. The third kappa shape index (κ3) is 12.3. The third-order valence-corrected chi connectivity index (χ3v) is 9.72. The van der Waals surface area contributed by atoms with Crippen LogP contribution in [0.5, 0.6) is 0 Å². The molecule has 7 heteroatoms. The van der Waals surface area contributed by atoms with Crippen LogP contribution < -0.4 is 0 Å². The van der Waals surface area contributed by atoms with Crippen molar-refractivity contribution in [2.24, 2.45) is 0 Å². The van der Waals surface area contributed by atoms with E-state index in [0.717, 1.165) is 0 Å². The Morgan fingerprint density at radius 2 is 1.17 bits per heavy atom. The first-order valence-electron chi connectivity index (χ1n) is 9.06. The molecule has 0 radical (unpaired) electrons. The predicted molar refractivity (Wildman–Crippen MR) is 121 cm³/mol. The fourth-order valence-corrected chi connectivity index (χ4v) is 10.6. The van der Waals surface area contributed by atoms with Crippen LogP contribution in [0.2, 0.25) is 26.2 Å². The summed E-state index contributed by atoms with van der Waals surface area (Å²) >= 11 is 0. The molecule has 0 amide bonds. The Labute approximate surface area is 175 Å². The van der Waals surface area contributed by atoms with Crippen LogP contribution in [-0.4, -0.2) is 28.2 Å². The summed E-state index contributed by atoms with van der Waals surface area (Å²) in [6.07, 6.45) is 8.84. The fraction of sp³-hybridized carbons (Fsp3) is 0.273. The summed E-state index contributed by atoms with van der Waals surface area (Å²) in [7, 11) is -4.89. The summed E-state index contributed by atoms with van der Waals surface area (Å²) in [5.41, 5.74) is 4.25. The van der Waals surface area contributed by atoms with E-state index in [4.69, 9.17) is 4.12 Å². The average Bonchev–Trinajstić information content (AvgIpc) is 2.61. The molecule has 0 heterocycles. The van der Waals surface area contributed by atoms with Gasteiger partial charge in [-0.15, -0.1) is 0 Å². The second-order valence-corrected chi connectivity index (χ2v) is 15.2. The Hall–Kier alpha value is -2.85. The first-order chi connectivity index (χ1) is 13.5. The second kappa shape index (κ2) is 12.6. The first kappa shape index (κ1) is 26.2. The van der Waals surface area contributed by atoms with Gasteiger partial charge >= 0.3 is 0 Å². The van der Waals surface area contributed by atoms with Gasteiger partial charge in [-0.25, -0.2) is 0 Å². The highest BCUT2D eigenvalue weighted by molar-refractivity contribution is 6.89. The lowest BCUT2D eigenvalue weighted by molar-refractivity contribution is -0.114. The van der Waals surface area contributed by atoms with Gasteiger partial charge in [-0.2, -0.15) is 10.5 Å². The summed E-state index contributed by atoms with van der Waals surface area (Å²) in [6.45, 7) is 14.7. The highest BCUT2D eigenvalue weighted by Crippen LogP contribution is 2.21. The van der Waals surface area contributed by atoms with Gasteiger partial charge in [0.1, 0.15) is 0 Å². The van der Waals surface area contributed by atoms with E-state index in [2.05, 4.69) is 25.3 Å². The molecule has 5 nitrogen and oxygen atoms in total. The maximum atomic E-state index is 11.9. The first-order valence-corrected chi connectivity index (χ1v) is 15.0. The van der Waals surface area contributed by atoms with Crippen molar-refractivity contribution in [2.45, 2.75) is 39.0 Å². The zero-order valence-corrected chi connectivity index (χ0v) is 19.6. The standard InChI is InChI=1S/C22H28N2O3Si2/c1-7-9-11-21(25)13-19(15-23)17-28(3,4)27-29(5,6)18-20(16-24)14-22(26)12-10-8-2/h7-12,17-18H,1-2,13-14H2,3-6H3. The van der Waals surface area contributed by atoms with Crippen LogP contribution in [0.25, 0.3) is 0 Å². The Balaban J connectivity index is 5.44. The van der Waals surface area contributed by atoms with Crippen molar-refractivity contribution >= 4 is 28.2 Å². The minimum Gasteiger partial charge on any atom is -0.449 e. The molecule has 0 rings (SSSR count). The van der Waals surface area contributed by atoms with Crippen LogP contribution in [0, 0.1) is 22.7 Å². The number of allylic oxidation sites excluding steroid dienone is 8. The lowest BCUT2D eigenvalue weighted by Crippen LogP contribution is -2.42. The average molecular weight is 425 g/mol. The minimum absolute atomic E-state index is 0.00599. The number of carbonyl (C=O) groups excluding carboxylic acids is 2. The van der Waals surface area contributed by atoms with Gasteiger partial charge in [-0.1, -0.05) is 48.9 Å². The van der Waals surface area contributed by atoms with E-state index < -0.39 is 16.6 Å². The van der Waals surface area contributed by atoms with E-state index in [0.29, 0.717) is 11.1 Å². The number of carbonyl (C=O) groups is 2. The zero-order chi connectivity index (χ0) is 22.5. The Morgan fingerprint density at radius 1 is 0.828 bits per heavy atom. The number of ketones is 2. The number of nitriles is 2. The highest BCUT2D eigenvalue weighted by Gasteiger charge is 2.31. The Bertz CT molecular complexity index is 778. The van der Waals surface area contributed by atoms with Gasteiger partial charge < -0.3 is 4.12 Å². The van der Waals surface area contributed by atoms with Crippen molar-refractivity contribution in [1.82, 2.24) is 0 Å². The van der Waals surface area contributed by atoms with E-state index in [-0.39, 0.29) is 24.4 Å². The van der Waals surface area contributed by atoms with Crippen molar-refractivity contribution in [3.63, 3.8) is 0 Å². The Morgan fingerprint density at radius 3 is 1.45 bits per heavy atom. The van der Waals surface area contributed by atoms with Crippen LogP contribution in [0.1, 0.15) is 12.8 Å². The summed E-state index contributed by atoms with van der Waals surface area (Å²) in [5, 5.41) is 18.7. The summed E-state index contributed by atoms with van der Waals surface area (Å²) in [6, 6.07) is 4.14. The molecule has 0 aliphatic carbocycles. The molecule has 0 fully saturated rings. The van der Waals surface area contributed by atoms with Gasteiger partial charge in [0.05, 0.1) is 12.1 Å². The fourth-order valence-electron chi connectivity index (χ4n) is 2.67. The monoisotopic (exact) mass is 424 g/mol. The van der Waals surface area contributed by atoms with Crippen molar-refractivity contribution in [2.75, 3.05) is 0 Å². The van der Waals surface area contributed by atoms with Gasteiger partial charge in [0.2, 0.25) is 0 Å². The lowest BCUT2D eigenvalue weighted by Gasteiger charge is -2.30. The van der Waals surface area contributed by atoms with Crippen LogP contribution in [0.3, 0.4) is 0 Å². The van der Waals surface area contributed by atoms with Gasteiger partial charge in [0.25, 0.3) is 0 Å². The predicted octanol–water partition coefficient (Wildman–Crippen LogP) is 4.79. The molecule has 0 saturated heterocycles. The van der Waals surface area contributed by atoms with Gasteiger partial charge in [0.15, 0.2) is 28.2 Å². The molecule has 29 heavy (non-hydrogen) atoms. The van der Waals surface area contributed by atoms with Crippen LogP contribution in [-0.2, 0) is 13.7 Å². The van der Waals surface area contributed by atoms with Crippen molar-refractivity contribution in [3.8, 4) is 12.1 Å². The molecule has 0 aromatic rings. The molecule has 0 aliphatic heterocycles. The molecule has 0 aliphatic rings. The topological polar surface area (TPSA) is 90.9 Å². The highest BCUT2D eigenvalue weighted by atomic mass is 28.4. The van der Waals surface area contributed by atoms with E-state index >= 15 is 0 Å². The molecule has 0 bridgehead atoms. The molecular weight excluding hydrogens is 396 g/mol. The van der Waals surface area contributed by atoms with E-state index in [1.54, 1.807) is 11.4 Å². The summed E-state index contributed by atoms with van der Waals surface area (Å²) in [5.74, 6) is -0.367. The number of hydrogen-bond donors (Lipinski definition) is 0. The smallest absolute Gasteiger partial charge is 0.199 e. The number of nitrogens with zero attached hydrogens (tertiary/aromatic N) is 2. The molecule has 0 spiro atoms. The SMILES string of the molecule is C=CC=CC(=O)CC(C#N)=C[Si](C)(C)O[Si](C)(C)C=C(C#N)CC(=O)C=CC=C. The number of hydrogen-bond acceptors (Lipinski definition) is 5. The van der Waals surface area contributed by atoms with Gasteiger partial charge in [0, 0.05) is 24.0 Å². The van der Waals surface area contributed by atoms with Crippen molar-refractivity contribution in [3.05, 3.63) is 72.2 Å². The minimum atomic E-state index is -2.45. The second-order valence-electron chi connectivity index (χ2n) is 7.35. The van der Waals surface area contributed by atoms with Gasteiger partial charge in [-0.3, -0.25) is 9.59 Å². The lowest BCUT2D eigenvalue weighted by atomic mass is 10.1. The van der Waals surface area contributed by atoms with Crippen LogP contribution >= 0.6 is 0 Å². The van der Waals surface area contributed by atoms with E-state index in [1.807, 2.05) is 26.2 Å². The van der Waals surface area contributed by atoms with Crippen LogP contribution in [0.4, 0.5) is 0 Å². The van der Waals surface area contributed by atoms with Crippen molar-refractivity contribution in [1.29, 1.82) is 10.5 Å². The van der Waals surface area contributed by atoms with E-state index in [9.17, 15) is 20.1 Å². The quantitative estimate of drug-likeness (QED) is 0.194. The molecular formula is C22H28N2O3Si2. The molecule has 0 saturated carbocycles. The van der Waals surface area contributed by atoms with Gasteiger partial charge in [-0.05, 0) is 38.3 Å². The molecule has 0 aromatic carbocycles. The van der Waals surface area contributed by atoms with E-state index in [1.165, 1.54) is 36.5 Å². The Kier molecular flexibility index (Phi) is 11.3. The molecule has 0 atom stereocenters. The third-order valence-electron chi connectivity index (χ3n) is 3.42. The van der Waals surface area contributed by atoms with Crippen molar-refractivity contribution < 1.29 is 13.7 Å². The number of rotatable bonds is 12. The maximum absolute atomic E-state index is 11.9. The maximum Gasteiger partial charge on any atom is 0.199 e. The molecule has 152 valence electrons. The normalized spacial score (nSPS) is 13.2. The largest absolute Gasteiger partial charge is 0.449 e. The molecule has 0 aromatic heterocycles. The summed E-state index contributed by atoms with van der Waals surface area (Å²) in [4.78, 5) is 23.7. The van der Waals surface area contributed by atoms with Crippen LogP contribution in [0.15, 0.2) is 72.2 Å². The zero-order valence-electron chi connectivity index (χ0n) is 17.6. The molecule has 0 N–H and O–H groups in total.